The first-order chi connectivity index (χ1) is 11.6. The summed E-state index contributed by atoms with van der Waals surface area (Å²) in [6, 6.07) is 4.68. The summed E-state index contributed by atoms with van der Waals surface area (Å²) in [5.41, 5.74) is -1.37. The number of halogens is 3. The zero-order chi connectivity index (χ0) is 18.7. The van der Waals surface area contributed by atoms with Crippen molar-refractivity contribution in [2.75, 3.05) is 11.5 Å². The molecule has 1 heterocycles. The lowest BCUT2D eigenvalue weighted by molar-refractivity contribution is -0.148. The highest BCUT2D eigenvalue weighted by molar-refractivity contribution is 7.99. The zero-order valence-electron chi connectivity index (χ0n) is 13.7. The van der Waals surface area contributed by atoms with Gasteiger partial charge in [-0.1, -0.05) is 19.1 Å². The molecular formula is C17H20F3NO3S. The number of carbonyl (C=O) groups is 2. The summed E-state index contributed by atoms with van der Waals surface area (Å²) in [4.78, 5) is 23.8. The molecule has 4 nitrogen and oxygen atoms in total. The number of nitrogens with one attached hydrogen (secondary N) is 1. The van der Waals surface area contributed by atoms with E-state index in [9.17, 15) is 27.9 Å². The normalized spacial score (nSPS) is 18.4. The lowest BCUT2D eigenvalue weighted by Crippen LogP contribution is -2.56. The molecule has 2 rings (SSSR count). The summed E-state index contributed by atoms with van der Waals surface area (Å²) in [6.07, 6.45) is -3.64. The molecule has 1 aliphatic rings. The molecule has 1 saturated heterocycles. The number of alkyl halides is 3. The van der Waals surface area contributed by atoms with Gasteiger partial charge in [0.1, 0.15) is 5.54 Å². The van der Waals surface area contributed by atoms with Crippen LogP contribution in [0.4, 0.5) is 13.2 Å². The fourth-order valence-electron chi connectivity index (χ4n) is 2.83. The molecule has 1 aromatic carbocycles. The number of aliphatic carboxylic acids is 1. The van der Waals surface area contributed by atoms with E-state index in [1.165, 1.54) is 12.1 Å². The second-order valence-electron chi connectivity index (χ2n) is 6.27. The van der Waals surface area contributed by atoms with Gasteiger partial charge in [-0.05, 0) is 48.0 Å². The standard InChI is InChI=1S/C17H20F3NO3S/c1-11(12-2-4-13(5-3-12)17(18,19)20)10-14(22)21-16(15(23)24)6-8-25-9-7-16/h2-5,11H,6-10H2,1H3,(H,21,22)(H,23,24). The third kappa shape index (κ3) is 4.90. The second kappa shape index (κ2) is 7.68. The van der Waals surface area contributed by atoms with Gasteiger partial charge in [-0.2, -0.15) is 24.9 Å². The van der Waals surface area contributed by atoms with Crippen LogP contribution < -0.4 is 5.32 Å². The number of benzene rings is 1. The summed E-state index contributed by atoms with van der Waals surface area (Å²) in [5, 5.41) is 12.1. The molecule has 1 amide bonds. The van der Waals surface area contributed by atoms with Crippen molar-refractivity contribution in [2.45, 2.75) is 43.8 Å². The Morgan fingerprint density at radius 2 is 1.80 bits per heavy atom. The molecule has 1 atom stereocenters. The summed E-state index contributed by atoms with van der Waals surface area (Å²) in [5.74, 6) is -0.418. The molecule has 1 aliphatic heterocycles. The first-order valence-corrected chi connectivity index (χ1v) is 9.09. The smallest absolute Gasteiger partial charge is 0.416 e. The van der Waals surface area contributed by atoms with Crippen molar-refractivity contribution in [3.63, 3.8) is 0 Å². The zero-order valence-corrected chi connectivity index (χ0v) is 14.5. The van der Waals surface area contributed by atoms with Gasteiger partial charge >= 0.3 is 12.1 Å². The molecule has 1 aromatic rings. The molecule has 8 heteroatoms. The summed E-state index contributed by atoms with van der Waals surface area (Å²) in [7, 11) is 0. The predicted octanol–water partition coefficient (Wildman–Crippen LogP) is 3.67. The summed E-state index contributed by atoms with van der Waals surface area (Å²) < 4.78 is 37.8. The molecule has 138 valence electrons. The second-order valence-corrected chi connectivity index (χ2v) is 7.50. The summed E-state index contributed by atoms with van der Waals surface area (Å²) in [6.45, 7) is 1.73. The van der Waals surface area contributed by atoms with Crippen LogP contribution in [0.3, 0.4) is 0 Å². The van der Waals surface area contributed by atoms with Gasteiger partial charge in [-0.25, -0.2) is 4.79 Å². The van der Waals surface area contributed by atoms with Crippen LogP contribution >= 0.6 is 11.8 Å². The molecule has 1 unspecified atom stereocenters. The number of carbonyl (C=O) groups excluding carboxylic acids is 1. The lowest BCUT2D eigenvalue weighted by atomic mass is 9.90. The molecule has 0 spiro atoms. The first-order valence-electron chi connectivity index (χ1n) is 7.93. The van der Waals surface area contributed by atoms with Crippen molar-refractivity contribution < 1.29 is 27.9 Å². The van der Waals surface area contributed by atoms with Crippen LogP contribution in [-0.4, -0.2) is 34.0 Å². The molecular weight excluding hydrogens is 355 g/mol. The van der Waals surface area contributed by atoms with Crippen molar-refractivity contribution >= 4 is 23.6 Å². The predicted molar refractivity (Wildman–Crippen MR) is 89.5 cm³/mol. The average Bonchev–Trinajstić information content (AvgIpc) is 2.54. The highest BCUT2D eigenvalue weighted by Crippen LogP contribution is 2.31. The molecule has 25 heavy (non-hydrogen) atoms. The number of hydrogen-bond donors (Lipinski definition) is 2. The average molecular weight is 375 g/mol. The van der Waals surface area contributed by atoms with E-state index in [1.807, 2.05) is 0 Å². The van der Waals surface area contributed by atoms with Crippen LogP contribution in [-0.2, 0) is 15.8 Å². The molecule has 0 aromatic heterocycles. The number of carboxylic acids is 1. The van der Waals surface area contributed by atoms with Crippen molar-refractivity contribution in [1.82, 2.24) is 5.32 Å². The molecule has 0 aliphatic carbocycles. The van der Waals surface area contributed by atoms with Crippen LogP contribution in [0.2, 0.25) is 0 Å². The number of rotatable bonds is 5. The molecule has 0 bridgehead atoms. The van der Waals surface area contributed by atoms with Gasteiger partial charge in [0.25, 0.3) is 0 Å². The van der Waals surface area contributed by atoms with Crippen LogP contribution in [0.1, 0.15) is 43.2 Å². The fraction of sp³-hybridized carbons (Fsp3) is 0.529. The van der Waals surface area contributed by atoms with E-state index >= 15 is 0 Å². The topological polar surface area (TPSA) is 66.4 Å². The molecule has 1 fully saturated rings. The largest absolute Gasteiger partial charge is 0.480 e. The Labute approximate surface area is 148 Å². The minimum atomic E-state index is -4.40. The maximum atomic E-state index is 12.6. The Morgan fingerprint density at radius 3 is 2.28 bits per heavy atom. The SMILES string of the molecule is CC(CC(=O)NC1(C(=O)O)CCSCC1)c1ccc(C(F)(F)F)cc1. The summed E-state index contributed by atoms with van der Waals surface area (Å²) >= 11 is 1.65. The minimum Gasteiger partial charge on any atom is -0.480 e. The molecule has 0 saturated carbocycles. The van der Waals surface area contributed by atoms with Gasteiger partial charge in [0.15, 0.2) is 0 Å². The van der Waals surface area contributed by atoms with Crippen molar-refractivity contribution in [3.8, 4) is 0 Å². The third-order valence-electron chi connectivity index (χ3n) is 4.43. The number of carboxylic acid groups (broad SMARTS) is 1. The highest BCUT2D eigenvalue weighted by Gasteiger charge is 2.41. The van der Waals surface area contributed by atoms with Crippen molar-refractivity contribution in [2.24, 2.45) is 0 Å². The van der Waals surface area contributed by atoms with Crippen LogP contribution in [0, 0.1) is 0 Å². The molecule has 2 N–H and O–H groups in total. The molecule has 0 radical (unpaired) electrons. The minimum absolute atomic E-state index is 0.0214. The van der Waals surface area contributed by atoms with E-state index in [-0.39, 0.29) is 12.3 Å². The quantitative estimate of drug-likeness (QED) is 0.824. The Hall–Kier alpha value is -1.70. The first kappa shape index (κ1) is 19.6. The Balaban J connectivity index is 2.00. The fourth-order valence-corrected chi connectivity index (χ4v) is 4.02. The third-order valence-corrected chi connectivity index (χ3v) is 5.42. The van der Waals surface area contributed by atoms with Crippen LogP contribution in [0.5, 0.6) is 0 Å². The van der Waals surface area contributed by atoms with Crippen molar-refractivity contribution in [1.29, 1.82) is 0 Å². The van der Waals surface area contributed by atoms with Gasteiger partial charge in [0.2, 0.25) is 5.91 Å². The van der Waals surface area contributed by atoms with Crippen LogP contribution in [0.15, 0.2) is 24.3 Å². The monoisotopic (exact) mass is 375 g/mol. The maximum Gasteiger partial charge on any atom is 0.416 e. The van der Waals surface area contributed by atoms with Gasteiger partial charge < -0.3 is 10.4 Å². The van der Waals surface area contributed by atoms with Gasteiger partial charge in [0.05, 0.1) is 5.56 Å². The van der Waals surface area contributed by atoms with E-state index < -0.39 is 29.2 Å². The highest BCUT2D eigenvalue weighted by atomic mass is 32.2. The van der Waals surface area contributed by atoms with Crippen LogP contribution in [0.25, 0.3) is 0 Å². The van der Waals surface area contributed by atoms with E-state index in [0.717, 1.165) is 12.1 Å². The van der Waals surface area contributed by atoms with E-state index in [1.54, 1.807) is 18.7 Å². The Kier molecular flexibility index (Phi) is 6.03. The lowest BCUT2D eigenvalue weighted by Gasteiger charge is -2.34. The van der Waals surface area contributed by atoms with Crippen molar-refractivity contribution in [3.05, 3.63) is 35.4 Å². The Bertz CT molecular complexity index is 625. The maximum absolute atomic E-state index is 12.6. The number of thioether (sulfide) groups is 1. The van der Waals surface area contributed by atoms with Gasteiger partial charge in [-0.3, -0.25) is 4.79 Å². The number of hydrogen-bond acceptors (Lipinski definition) is 3. The Morgan fingerprint density at radius 1 is 1.24 bits per heavy atom. The van der Waals surface area contributed by atoms with E-state index in [2.05, 4.69) is 5.32 Å². The van der Waals surface area contributed by atoms with Gasteiger partial charge in [-0.15, -0.1) is 0 Å². The van der Waals surface area contributed by atoms with Gasteiger partial charge in [0, 0.05) is 6.42 Å². The number of amides is 1. The van der Waals surface area contributed by atoms with E-state index in [0.29, 0.717) is 29.9 Å². The van der Waals surface area contributed by atoms with E-state index in [4.69, 9.17) is 0 Å².